The third kappa shape index (κ3) is 3.39. The SMILES string of the molecule is Cc1n[nH]c(=S)nc1NCCN(C)C. The van der Waals surface area contributed by atoms with Gasteiger partial charge in [0.15, 0.2) is 5.82 Å². The van der Waals surface area contributed by atoms with Crippen LogP contribution < -0.4 is 5.32 Å². The zero-order valence-corrected chi connectivity index (χ0v) is 9.48. The van der Waals surface area contributed by atoms with E-state index in [9.17, 15) is 0 Å². The van der Waals surface area contributed by atoms with Crippen LogP contribution in [0, 0.1) is 11.7 Å². The van der Waals surface area contributed by atoms with Gasteiger partial charge < -0.3 is 10.2 Å². The van der Waals surface area contributed by atoms with Gasteiger partial charge in [-0.15, -0.1) is 0 Å². The van der Waals surface area contributed by atoms with Crippen molar-refractivity contribution in [2.75, 3.05) is 32.5 Å². The summed E-state index contributed by atoms with van der Waals surface area (Å²) < 4.78 is 0.406. The number of nitrogens with zero attached hydrogens (tertiary/aromatic N) is 3. The fraction of sp³-hybridized carbons (Fsp3) is 0.625. The molecule has 5 nitrogen and oxygen atoms in total. The number of likely N-dealkylation sites (N-methyl/N-ethyl adjacent to an activating group) is 1. The highest BCUT2D eigenvalue weighted by Gasteiger charge is 1.99. The molecule has 78 valence electrons. The molecule has 0 aliphatic carbocycles. The first-order valence-corrected chi connectivity index (χ1v) is 4.82. The standard InChI is InChI=1S/C8H15N5S/c1-6-7(9-4-5-13(2)3)10-8(14)12-11-6/h4-5H2,1-3H3,(H2,9,10,12,14). The molecule has 0 fully saturated rings. The quantitative estimate of drug-likeness (QED) is 0.725. The molecule has 1 heterocycles. The number of rotatable bonds is 4. The number of aryl methyl sites for hydroxylation is 1. The van der Waals surface area contributed by atoms with Gasteiger partial charge in [-0.05, 0) is 33.2 Å². The minimum absolute atomic E-state index is 0.406. The summed E-state index contributed by atoms with van der Waals surface area (Å²) in [6.45, 7) is 3.67. The second-order valence-corrected chi connectivity index (χ2v) is 3.69. The Morgan fingerprint density at radius 3 is 2.86 bits per heavy atom. The van der Waals surface area contributed by atoms with Crippen LogP contribution in [-0.4, -0.2) is 47.3 Å². The van der Waals surface area contributed by atoms with Crippen molar-refractivity contribution in [1.82, 2.24) is 20.1 Å². The average Bonchev–Trinajstić information content (AvgIpc) is 2.10. The van der Waals surface area contributed by atoms with Crippen molar-refractivity contribution in [2.45, 2.75) is 6.92 Å². The zero-order valence-electron chi connectivity index (χ0n) is 8.66. The lowest BCUT2D eigenvalue weighted by atomic mass is 10.4. The Labute approximate surface area is 88.6 Å². The predicted molar refractivity (Wildman–Crippen MR) is 59.0 cm³/mol. The maximum atomic E-state index is 4.88. The maximum Gasteiger partial charge on any atom is 0.215 e. The molecule has 0 unspecified atom stereocenters. The molecule has 1 aromatic heterocycles. The average molecular weight is 213 g/mol. The van der Waals surface area contributed by atoms with E-state index in [0.717, 1.165) is 24.6 Å². The number of anilines is 1. The summed E-state index contributed by atoms with van der Waals surface area (Å²) >= 11 is 4.88. The maximum absolute atomic E-state index is 4.88. The summed E-state index contributed by atoms with van der Waals surface area (Å²) in [6.07, 6.45) is 0. The molecular weight excluding hydrogens is 198 g/mol. The van der Waals surface area contributed by atoms with E-state index in [1.807, 2.05) is 21.0 Å². The number of H-pyrrole nitrogens is 1. The summed E-state index contributed by atoms with van der Waals surface area (Å²) in [5, 5.41) is 9.83. The number of nitrogens with one attached hydrogen (secondary N) is 2. The minimum atomic E-state index is 0.406. The Morgan fingerprint density at radius 2 is 2.21 bits per heavy atom. The monoisotopic (exact) mass is 213 g/mol. The van der Waals surface area contributed by atoms with Crippen LogP contribution in [0.3, 0.4) is 0 Å². The lowest BCUT2D eigenvalue weighted by Gasteiger charge is -2.11. The van der Waals surface area contributed by atoms with Gasteiger partial charge in [0.05, 0.1) is 5.69 Å². The van der Waals surface area contributed by atoms with Crippen molar-refractivity contribution in [3.63, 3.8) is 0 Å². The summed E-state index contributed by atoms with van der Waals surface area (Å²) in [7, 11) is 4.05. The van der Waals surface area contributed by atoms with Crippen LogP contribution in [0.4, 0.5) is 5.82 Å². The number of aromatic nitrogens is 3. The Morgan fingerprint density at radius 1 is 1.50 bits per heavy atom. The summed E-state index contributed by atoms with van der Waals surface area (Å²) in [5.41, 5.74) is 0.831. The zero-order chi connectivity index (χ0) is 10.6. The van der Waals surface area contributed by atoms with E-state index < -0.39 is 0 Å². The van der Waals surface area contributed by atoms with Gasteiger partial charge in [0.2, 0.25) is 4.77 Å². The van der Waals surface area contributed by atoms with E-state index in [4.69, 9.17) is 12.2 Å². The van der Waals surface area contributed by atoms with Gasteiger partial charge in [0.25, 0.3) is 0 Å². The Hall–Kier alpha value is -1.01. The fourth-order valence-corrected chi connectivity index (χ4v) is 1.09. The van der Waals surface area contributed by atoms with Crippen LogP contribution in [-0.2, 0) is 0 Å². The molecule has 6 heteroatoms. The first-order chi connectivity index (χ1) is 6.59. The number of aromatic amines is 1. The highest BCUT2D eigenvalue weighted by Crippen LogP contribution is 2.04. The molecule has 0 aromatic carbocycles. The molecule has 1 aromatic rings. The van der Waals surface area contributed by atoms with Gasteiger partial charge in [-0.1, -0.05) is 0 Å². The molecule has 2 N–H and O–H groups in total. The van der Waals surface area contributed by atoms with Gasteiger partial charge in [-0.3, -0.25) is 5.10 Å². The Bertz CT molecular complexity index is 346. The van der Waals surface area contributed by atoms with E-state index in [0.29, 0.717) is 4.77 Å². The molecule has 0 saturated carbocycles. The van der Waals surface area contributed by atoms with Gasteiger partial charge in [0.1, 0.15) is 0 Å². The van der Waals surface area contributed by atoms with Crippen LogP contribution >= 0.6 is 12.2 Å². The van der Waals surface area contributed by atoms with Crippen molar-refractivity contribution < 1.29 is 0 Å². The molecule has 0 aliphatic rings. The second kappa shape index (κ2) is 5.02. The van der Waals surface area contributed by atoms with E-state index in [1.165, 1.54) is 0 Å². The van der Waals surface area contributed by atoms with Gasteiger partial charge in [-0.2, -0.15) is 10.1 Å². The van der Waals surface area contributed by atoms with Crippen LogP contribution in [0.5, 0.6) is 0 Å². The Balaban J connectivity index is 2.58. The number of hydrogen-bond donors (Lipinski definition) is 2. The topological polar surface area (TPSA) is 56.8 Å². The molecule has 0 bridgehead atoms. The third-order valence-electron chi connectivity index (χ3n) is 1.73. The molecule has 0 spiro atoms. The normalized spacial score (nSPS) is 10.6. The first-order valence-electron chi connectivity index (χ1n) is 4.41. The van der Waals surface area contributed by atoms with Gasteiger partial charge >= 0.3 is 0 Å². The van der Waals surface area contributed by atoms with E-state index >= 15 is 0 Å². The summed E-state index contributed by atoms with van der Waals surface area (Å²) in [6, 6.07) is 0. The molecule has 0 saturated heterocycles. The summed E-state index contributed by atoms with van der Waals surface area (Å²) in [5.74, 6) is 0.760. The van der Waals surface area contributed by atoms with E-state index in [2.05, 4.69) is 25.4 Å². The highest BCUT2D eigenvalue weighted by atomic mass is 32.1. The van der Waals surface area contributed by atoms with Crippen LogP contribution in [0.15, 0.2) is 0 Å². The highest BCUT2D eigenvalue weighted by molar-refractivity contribution is 7.71. The predicted octanol–water partition coefficient (Wildman–Crippen LogP) is 0.816. The fourth-order valence-electron chi connectivity index (χ4n) is 0.957. The molecular formula is C8H15N5S. The smallest absolute Gasteiger partial charge is 0.215 e. The number of hydrogen-bond acceptors (Lipinski definition) is 5. The third-order valence-corrected chi connectivity index (χ3v) is 1.91. The van der Waals surface area contributed by atoms with E-state index in [-0.39, 0.29) is 0 Å². The largest absolute Gasteiger partial charge is 0.367 e. The molecule has 0 aliphatic heterocycles. The van der Waals surface area contributed by atoms with Crippen molar-refractivity contribution in [3.8, 4) is 0 Å². The Kier molecular flexibility index (Phi) is 3.97. The van der Waals surface area contributed by atoms with Crippen molar-refractivity contribution in [2.24, 2.45) is 0 Å². The lowest BCUT2D eigenvalue weighted by molar-refractivity contribution is 0.425. The minimum Gasteiger partial charge on any atom is -0.367 e. The van der Waals surface area contributed by atoms with Gasteiger partial charge in [-0.25, -0.2) is 0 Å². The molecule has 1 rings (SSSR count). The van der Waals surface area contributed by atoms with Crippen molar-refractivity contribution >= 4 is 18.0 Å². The first kappa shape index (κ1) is 11.1. The van der Waals surface area contributed by atoms with Crippen molar-refractivity contribution in [3.05, 3.63) is 10.5 Å². The summed E-state index contributed by atoms with van der Waals surface area (Å²) in [4.78, 5) is 6.23. The molecule has 0 atom stereocenters. The van der Waals surface area contributed by atoms with Crippen LogP contribution in [0.1, 0.15) is 5.69 Å². The lowest BCUT2D eigenvalue weighted by Crippen LogP contribution is -2.21. The van der Waals surface area contributed by atoms with Crippen molar-refractivity contribution in [1.29, 1.82) is 0 Å². The van der Waals surface area contributed by atoms with Crippen LogP contribution in [0.25, 0.3) is 0 Å². The van der Waals surface area contributed by atoms with Crippen LogP contribution in [0.2, 0.25) is 0 Å². The molecule has 14 heavy (non-hydrogen) atoms. The van der Waals surface area contributed by atoms with Gasteiger partial charge in [0, 0.05) is 13.1 Å². The molecule has 0 amide bonds. The second-order valence-electron chi connectivity index (χ2n) is 3.30. The molecule has 0 radical (unpaired) electrons. The van der Waals surface area contributed by atoms with E-state index in [1.54, 1.807) is 0 Å².